The Balaban J connectivity index is 1.35. The van der Waals surface area contributed by atoms with Crippen LogP contribution in [0.1, 0.15) is 41.3 Å². The van der Waals surface area contributed by atoms with Crippen LogP contribution in [-0.2, 0) is 16.1 Å². The van der Waals surface area contributed by atoms with E-state index in [0.717, 1.165) is 29.4 Å². The van der Waals surface area contributed by atoms with E-state index in [4.69, 9.17) is 13.9 Å². The molecule has 7 heteroatoms. The minimum absolute atomic E-state index is 0.218. The van der Waals surface area contributed by atoms with Crippen molar-refractivity contribution in [3.8, 4) is 5.75 Å². The van der Waals surface area contributed by atoms with E-state index in [1.165, 1.54) is 6.07 Å². The molecule has 0 spiro atoms. The van der Waals surface area contributed by atoms with Gasteiger partial charge in [0.1, 0.15) is 17.9 Å². The molecule has 2 aromatic carbocycles. The second kappa shape index (κ2) is 8.63. The first-order chi connectivity index (χ1) is 14.9. The normalized spacial score (nSPS) is 14.1. The Bertz CT molecular complexity index is 1180. The van der Waals surface area contributed by atoms with Crippen molar-refractivity contribution in [3.05, 3.63) is 75.6 Å². The van der Waals surface area contributed by atoms with E-state index in [2.05, 4.69) is 5.32 Å². The topological polar surface area (TPSA) is 94.8 Å². The lowest BCUT2D eigenvalue weighted by atomic mass is 10.1. The van der Waals surface area contributed by atoms with Crippen LogP contribution >= 0.6 is 0 Å². The molecule has 1 aliphatic carbocycles. The van der Waals surface area contributed by atoms with Crippen molar-refractivity contribution in [1.82, 2.24) is 5.32 Å². The number of hydrogen-bond donors (Lipinski definition) is 1. The predicted octanol–water partition coefficient (Wildman–Crippen LogP) is 3.50. The predicted molar refractivity (Wildman–Crippen MR) is 114 cm³/mol. The number of hydrogen-bond acceptors (Lipinski definition) is 6. The van der Waals surface area contributed by atoms with E-state index in [1.807, 2.05) is 19.1 Å². The van der Waals surface area contributed by atoms with Gasteiger partial charge in [-0.25, -0.2) is 9.59 Å². The van der Waals surface area contributed by atoms with Gasteiger partial charge in [0.2, 0.25) is 0 Å². The van der Waals surface area contributed by atoms with E-state index in [-0.39, 0.29) is 18.6 Å². The van der Waals surface area contributed by atoms with E-state index in [9.17, 15) is 14.4 Å². The number of carbonyl (C=O) groups excluding carboxylic acids is 2. The van der Waals surface area contributed by atoms with Gasteiger partial charge in [-0.3, -0.25) is 4.79 Å². The van der Waals surface area contributed by atoms with Crippen molar-refractivity contribution >= 4 is 22.8 Å². The second-order valence-corrected chi connectivity index (χ2v) is 7.72. The first-order valence-electron chi connectivity index (χ1n) is 10.2. The summed E-state index contributed by atoms with van der Waals surface area (Å²) in [6, 6.07) is 13.8. The smallest absolute Gasteiger partial charge is 0.338 e. The highest BCUT2D eigenvalue weighted by atomic mass is 16.5. The molecule has 1 fully saturated rings. The van der Waals surface area contributed by atoms with Crippen LogP contribution in [0.5, 0.6) is 5.75 Å². The molecule has 1 aromatic heterocycles. The van der Waals surface area contributed by atoms with Crippen molar-refractivity contribution in [2.45, 2.75) is 45.4 Å². The summed E-state index contributed by atoms with van der Waals surface area (Å²) in [4.78, 5) is 35.8. The Morgan fingerprint density at radius 1 is 1.13 bits per heavy atom. The maximum absolute atomic E-state index is 12.3. The molecule has 0 saturated heterocycles. The molecule has 0 bridgehead atoms. The minimum Gasteiger partial charge on any atom is -0.489 e. The molecule has 3 aromatic rings. The molecule has 31 heavy (non-hydrogen) atoms. The van der Waals surface area contributed by atoms with Crippen molar-refractivity contribution in [2.24, 2.45) is 0 Å². The van der Waals surface area contributed by atoms with Gasteiger partial charge in [0.15, 0.2) is 6.10 Å². The summed E-state index contributed by atoms with van der Waals surface area (Å²) < 4.78 is 16.3. The molecule has 1 N–H and O–H groups in total. The fraction of sp³-hybridized carbons (Fsp3) is 0.292. The summed E-state index contributed by atoms with van der Waals surface area (Å²) in [5.41, 5.74) is 2.13. The molecule has 1 unspecified atom stereocenters. The quantitative estimate of drug-likeness (QED) is 0.463. The summed E-state index contributed by atoms with van der Waals surface area (Å²) in [5, 5.41) is 3.67. The molecule has 0 radical (unpaired) electrons. The van der Waals surface area contributed by atoms with Crippen LogP contribution in [0, 0.1) is 6.92 Å². The maximum atomic E-state index is 12.3. The number of nitrogens with one attached hydrogen (secondary N) is 1. The summed E-state index contributed by atoms with van der Waals surface area (Å²) in [6.45, 7) is 3.69. The number of esters is 1. The Morgan fingerprint density at radius 3 is 2.58 bits per heavy atom. The van der Waals surface area contributed by atoms with Crippen LogP contribution in [0.25, 0.3) is 11.0 Å². The Morgan fingerprint density at radius 2 is 1.87 bits per heavy atom. The number of fused-ring (bicyclic) bond motifs is 1. The standard InChI is InChI=1S/C24H23NO6/c1-14-11-22(26)31-21-12-19(9-10-20(14)21)29-13-16-3-5-17(6-4-16)24(28)30-15(2)23(27)25-18-7-8-18/h3-6,9-12,15,18H,7-8,13H2,1-2H3,(H,25,27). The van der Waals surface area contributed by atoms with Gasteiger partial charge in [0.05, 0.1) is 5.56 Å². The number of rotatable bonds is 7. The first-order valence-corrected chi connectivity index (χ1v) is 10.2. The fourth-order valence-electron chi connectivity index (χ4n) is 3.13. The highest BCUT2D eigenvalue weighted by Crippen LogP contribution is 2.23. The van der Waals surface area contributed by atoms with Gasteiger partial charge in [-0.05, 0) is 62.1 Å². The van der Waals surface area contributed by atoms with Crippen molar-refractivity contribution in [3.63, 3.8) is 0 Å². The summed E-state index contributed by atoms with van der Waals surface area (Å²) in [7, 11) is 0. The lowest BCUT2D eigenvalue weighted by Gasteiger charge is -2.13. The summed E-state index contributed by atoms with van der Waals surface area (Å²) in [5.74, 6) is -0.256. The van der Waals surface area contributed by atoms with Crippen LogP contribution < -0.4 is 15.7 Å². The van der Waals surface area contributed by atoms with Gasteiger partial charge in [0, 0.05) is 23.6 Å². The number of benzene rings is 2. The van der Waals surface area contributed by atoms with Gasteiger partial charge >= 0.3 is 11.6 Å². The fourth-order valence-corrected chi connectivity index (χ4v) is 3.13. The first kappa shape index (κ1) is 20.7. The molecule has 1 heterocycles. The number of carbonyl (C=O) groups is 2. The third-order valence-electron chi connectivity index (χ3n) is 5.09. The van der Waals surface area contributed by atoms with E-state index < -0.39 is 17.7 Å². The average molecular weight is 421 g/mol. The lowest BCUT2D eigenvalue weighted by Crippen LogP contribution is -2.37. The molecule has 7 nitrogen and oxygen atoms in total. The maximum Gasteiger partial charge on any atom is 0.338 e. The lowest BCUT2D eigenvalue weighted by molar-refractivity contribution is -0.129. The van der Waals surface area contributed by atoms with E-state index in [0.29, 0.717) is 16.9 Å². The molecule has 1 amide bonds. The van der Waals surface area contributed by atoms with Gasteiger partial charge in [0.25, 0.3) is 5.91 Å². The molecule has 1 aliphatic rings. The molecule has 160 valence electrons. The number of ether oxygens (including phenoxy) is 2. The molecular formula is C24H23NO6. The zero-order valence-corrected chi connectivity index (χ0v) is 17.3. The number of aryl methyl sites for hydroxylation is 1. The molecule has 0 aliphatic heterocycles. The Kier molecular flexibility index (Phi) is 5.75. The monoisotopic (exact) mass is 421 g/mol. The van der Waals surface area contributed by atoms with Crippen molar-refractivity contribution in [1.29, 1.82) is 0 Å². The second-order valence-electron chi connectivity index (χ2n) is 7.72. The molecule has 1 saturated carbocycles. The highest BCUT2D eigenvalue weighted by Gasteiger charge is 2.27. The highest BCUT2D eigenvalue weighted by molar-refractivity contribution is 5.92. The molecular weight excluding hydrogens is 398 g/mol. The SMILES string of the molecule is Cc1cc(=O)oc2cc(OCc3ccc(C(=O)OC(C)C(=O)NC4CC4)cc3)ccc12. The van der Waals surface area contributed by atoms with Crippen LogP contribution in [0.4, 0.5) is 0 Å². The van der Waals surface area contributed by atoms with Gasteiger partial charge < -0.3 is 19.2 Å². The van der Waals surface area contributed by atoms with E-state index >= 15 is 0 Å². The third kappa shape index (κ3) is 5.12. The summed E-state index contributed by atoms with van der Waals surface area (Å²) in [6.07, 6.45) is 1.11. The Hall–Kier alpha value is -3.61. The average Bonchev–Trinajstić information content (AvgIpc) is 3.56. The summed E-state index contributed by atoms with van der Waals surface area (Å²) >= 11 is 0. The van der Waals surface area contributed by atoms with Gasteiger partial charge in [-0.15, -0.1) is 0 Å². The number of amides is 1. The molecule has 4 rings (SSSR count). The Labute approximate surface area is 179 Å². The van der Waals surface area contributed by atoms with Crippen LogP contribution in [0.2, 0.25) is 0 Å². The van der Waals surface area contributed by atoms with Gasteiger partial charge in [-0.2, -0.15) is 0 Å². The van der Waals surface area contributed by atoms with Gasteiger partial charge in [-0.1, -0.05) is 12.1 Å². The third-order valence-corrected chi connectivity index (χ3v) is 5.09. The minimum atomic E-state index is -0.840. The zero-order valence-electron chi connectivity index (χ0n) is 17.3. The molecule has 1 atom stereocenters. The zero-order chi connectivity index (χ0) is 22.0. The largest absolute Gasteiger partial charge is 0.489 e. The van der Waals surface area contributed by atoms with Crippen molar-refractivity contribution in [2.75, 3.05) is 0 Å². The van der Waals surface area contributed by atoms with Crippen LogP contribution in [0.3, 0.4) is 0 Å². The van der Waals surface area contributed by atoms with Crippen LogP contribution in [0.15, 0.2) is 57.7 Å². The van der Waals surface area contributed by atoms with Crippen LogP contribution in [-0.4, -0.2) is 24.0 Å². The van der Waals surface area contributed by atoms with E-state index in [1.54, 1.807) is 37.3 Å². The van der Waals surface area contributed by atoms with Crippen molar-refractivity contribution < 1.29 is 23.5 Å².